The van der Waals surface area contributed by atoms with E-state index in [4.69, 9.17) is 4.74 Å². The van der Waals surface area contributed by atoms with Crippen LogP contribution in [0.3, 0.4) is 0 Å². The number of aromatic nitrogens is 2. The van der Waals surface area contributed by atoms with Crippen LogP contribution < -0.4 is 15.6 Å². The van der Waals surface area contributed by atoms with Crippen molar-refractivity contribution in [3.8, 4) is 11.4 Å². The molecule has 0 aliphatic carbocycles. The van der Waals surface area contributed by atoms with E-state index in [2.05, 4.69) is 5.32 Å². The van der Waals surface area contributed by atoms with Crippen molar-refractivity contribution in [1.82, 2.24) is 9.36 Å². The molecule has 0 fully saturated rings. The van der Waals surface area contributed by atoms with E-state index in [1.54, 1.807) is 31.8 Å². The van der Waals surface area contributed by atoms with Crippen LogP contribution in [0.15, 0.2) is 65.5 Å². The number of rotatable bonds is 5. The Morgan fingerprint density at radius 2 is 1.74 bits per heavy atom. The van der Waals surface area contributed by atoms with Gasteiger partial charge in [0.2, 0.25) is 5.91 Å². The smallest absolute Gasteiger partial charge is 0.295 e. The molecule has 0 aliphatic rings. The number of anilines is 1. The number of hydrogen-bond acceptors (Lipinski definition) is 3. The summed E-state index contributed by atoms with van der Waals surface area (Å²) in [7, 11) is 3.38. The van der Waals surface area contributed by atoms with Gasteiger partial charge in [-0.25, -0.2) is 4.68 Å². The number of nitrogens with zero attached hydrogens (tertiary/aromatic N) is 2. The standard InChI is InChI=1S/C21H21N3O3/c1-15-20(21(26)24(23(15)2)17-7-5-4-6-8-17)22-19(25)14-11-16-9-12-18(27-3)13-10-16/h4-14H,1-3H3,(H,22,25). The minimum Gasteiger partial charge on any atom is -0.497 e. The molecule has 0 atom stereocenters. The predicted molar refractivity (Wildman–Crippen MR) is 106 cm³/mol. The fourth-order valence-corrected chi connectivity index (χ4v) is 2.76. The average molecular weight is 363 g/mol. The number of amides is 1. The second kappa shape index (κ2) is 7.78. The summed E-state index contributed by atoms with van der Waals surface area (Å²) in [5.41, 5.74) is 2.27. The zero-order chi connectivity index (χ0) is 19.4. The highest BCUT2D eigenvalue weighted by Crippen LogP contribution is 2.15. The Balaban J connectivity index is 1.82. The third kappa shape index (κ3) is 3.84. The van der Waals surface area contributed by atoms with E-state index < -0.39 is 0 Å². The summed E-state index contributed by atoms with van der Waals surface area (Å²) in [4.78, 5) is 25.1. The molecule has 1 heterocycles. The van der Waals surface area contributed by atoms with Gasteiger partial charge in [-0.15, -0.1) is 0 Å². The molecule has 2 aromatic carbocycles. The first kappa shape index (κ1) is 18.3. The van der Waals surface area contributed by atoms with Crippen LogP contribution in [-0.4, -0.2) is 22.4 Å². The van der Waals surface area contributed by atoms with E-state index in [1.807, 2.05) is 54.6 Å². The Morgan fingerprint density at radius 1 is 1.07 bits per heavy atom. The van der Waals surface area contributed by atoms with Gasteiger partial charge in [-0.1, -0.05) is 30.3 Å². The molecule has 0 saturated carbocycles. The summed E-state index contributed by atoms with van der Waals surface area (Å²) in [5.74, 6) is 0.384. The molecule has 1 amide bonds. The monoisotopic (exact) mass is 363 g/mol. The quantitative estimate of drug-likeness (QED) is 0.708. The molecule has 27 heavy (non-hydrogen) atoms. The summed E-state index contributed by atoms with van der Waals surface area (Å²) < 4.78 is 8.36. The molecule has 0 bridgehead atoms. The maximum atomic E-state index is 12.8. The van der Waals surface area contributed by atoms with Crippen LogP contribution in [0.5, 0.6) is 5.75 Å². The van der Waals surface area contributed by atoms with Gasteiger partial charge in [0, 0.05) is 13.1 Å². The van der Waals surface area contributed by atoms with Crippen LogP contribution in [0.2, 0.25) is 0 Å². The predicted octanol–water partition coefficient (Wildman–Crippen LogP) is 3.14. The van der Waals surface area contributed by atoms with Crippen LogP contribution in [0.25, 0.3) is 11.8 Å². The first-order valence-corrected chi connectivity index (χ1v) is 8.48. The summed E-state index contributed by atoms with van der Waals surface area (Å²) in [6.45, 7) is 1.80. The number of carbonyl (C=O) groups excluding carboxylic acids is 1. The molecule has 3 rings (SSSR count). The molecule has 3 aromatic rings. The third-order valence-corrected chi connectivity index (χ3v) is 4.35. The first-order valence-electron chi connectivity index (χ1n) is 8.48. The average Bonchev–Trinajstić information content (AvgIpc) is 2.90. The summed E-state index contributed by atoms with van der Waals surface area (Å²) in [5, 5.41) is 2.70. The molecule has 0 spiro atoms. The lowest BCUT2D eigenvalue weighted by Gasteiger charge is -2.07. The van der Waals surface area contributed by atoms with Gasteiger partial charge < -0.3 is 10.1 Å². The van der Waals surface area contributed by atoms with E-state index in [9.17, 15) is 9.59 Å². The van der Waals surface area contributed by atoms with Crippen LogP contribution in [-0.2, 0) is 11.8 Å². The van der Waals surface area contributed by atoms with Crippen LogP contribution >= 0.6 is 0 Å². The molecule has 1 aromatic heterocycles. The van der Waals surface area contributed by atoms with Crippen molar-refractivity contribution < 1.29 is 9.53 Å². The van der Waals surface area contributed by atoms with Crippen molar-refractivity contribution in [2.24, 2.45) is 7.05 Å². The number of hydrogen-bond donors (Lipinski definition) is 1. The zero-order valence-corrected chi connectivity index (χ0v) is 15.5. The second-order valence-electron chi connectivity index (χ2n) is 6.03. The van der Waals surface area contributed by atoms with E-state index in [0.29, 0.717) is 5.69 Å². The van der Waals surface area contributed by atoms with Crippen molar-refractivity contribution >= 4 is 17.7 Å². The topological polar surface area (TPSA) is 65.3 Å². The van der Waals surface area contributed by atoms with Gasteiger partial charge in [0.15, 0.2) is 0 Å². The van der Waals surface area contributed by atoms with Crippen LogP contribution in [0.1, 0.15) is 11.3 Å². The molecular weight excluding hydrogens is 342 g/mol. The zero-order valence-electron chi connectivity index (χ0n) is 15.5. The fraction of sp³-hybridized carbons (Fsp3) is 0.143. The van der Waals surface area contributed by atoms with E-state index >= 15 is 0 Å². The molecule has 0 radical (unpaired) electrons. The van der Waals surface area contributed by atoms with Gasteiger partial charge in [-0.3, -0.25) is 14.3 Å². The SMILES string of the molecule is COc1ccc(C=CC(=O)Nc2c(C)n(C)n(-c3ccccc3)c2=O)cc1. The number of methoxy groups -OCH3 is 1. The first-order chi connectivity index (χ1) is 13.0. The highest BCUT2D eigenvalue weighted by Gasteiger charge is 2.17. The van der Waals surface area contributed by atoms with Crippen LogP contribution in [0, 0.1) is 6.92 Å². The lowest BCUT2D eigenvalue weighted by atomic mass is 10.2. The maximum absolute atomic E-state index is 12.8. The number of nitrogens with one attached hydrogen (secondary N) is 1. The van der Waals surface area contributed by atoms with E-state index in [-0.39, 0.29) is 17.2 Å². The van der Waals surface area contributed by atoms with Gasteiger partial charge in [0.1, 0.15) is 11.4 Å². The van der Waals surface area contributed by atoms with Gasteiger partial charge >= 0.3 is 0 Å². The Hall–Kier alpha value is -3.54. The molecule has 6 heteroatoms. The third-order valence-electron chi connectivity index (χ3n) is 4.35. The van der Waals surface area contributed by atoms with Crippen molar-refractivity contribution in [2.75, 3.05) is 12.4 Å². The largest absolute Gasteiger partial charge is 0.497 e. The van der Waals surface area contributed by atoms with Gasteiger partial charge in [-0.2, -0.15) is 0 Å². The number of benzene rings is 2. The maximum Gasteiger partial charge on any atom is 0.295 e. The van der Waals surface area contributed by atoms with Gasteiger partial charge in [0.05, 0.1) is 18.5 Å². The van der Waals surface area contributed by atoms with Gasteiger partial charge in [-0.05, 0) is 42.8 Å². The van der Waals surface area contributed by atoms with Gasteiger partial charge in [0.25, 0.3) is 5.56 Å². The highest BCUT2D eigenvalue weighted by atomic mass is 16.5. The highest BCUT2D eigenvalue weighted by molar-refractivity contribution is 6.02. The minimum atomic E-state index is -0.364. The van der Waals surface area contributed by atoms with Crippen LogP contribution in [0.4, 0.5) is 5.69 Å². The Morgan fingerprint density at radius 3 is 2.37 bits per heavy atom. The molecule has 6 nitrogen and oxygen atoms in total. The summed E-state index contributed by atoms with van der Waals surface area (Å²) in [6.07, 6.45) is 3.09. The molecule has 0 saturated heterocycles. The molecule has 0 unspecified atom stereocenters. The lowest BCUT2D eigenvalue weighted by Crippen LogP contribution is -2.22. The number of carbonyl (C=O) groups is 1. The normalized spacial score (nSPS) is 10.9. The number of para-hydroxylation sites is 1. The summed E-state index contributed by atoms with van der Waals surface area (Å²) in [6, 6.07) is 16.6. The van der Waals surface area contributed by atoms with Crippen molar-refractivity contribution in [2.45, 2.75) is 6.92 Å². The Bertz CT molecular complexity index is 1030. The Labute approximate surface area is 157 Å². The minimum absolute atomic E-state index is 0.269. The molecule has 0 aliphatic heterocycles. The van der Waals surface area contributed by atoms with E-state index in [1.165, 1.54) is 10.8 Å². The number of ether oxygens (including phenoxy) is 1. The van der Waals surface area contributed by atoms with Crippen molar-refractivity contribution in [3.63, 3.8) is 0 Å². The Kier molecular flexibility index (Phi) is 5.26. The lowest BCUT2D eigenvalue weighted by molar-refractivity contribution is -0.111. The van der Waals surface area contributed by atoms with E-state index in [0.717, 1.165) is 17.0 Å². The second-order valence-corrected chi connectivity index (χ2v) is 6.03. The molecule has 138 valence electrons. The van der Waals surface area contributed by atoms with Crippen molar-refractivity contribution in [3.05, 3.63) is 82.3 Å². The molecule has 1 N–H and O–H groups in total. The van der Waals surface area contributed by atoms with Crippen molar-refractivity contribution in [1.29, 1.82) is 0 Å². The molecular formula is C21H21N3O3. The fourth-order valence-electron chi connectivity index (χ4n) is 2.76. The summed E-state index contributed by atoms with van der Waals surface area (Å²) >= 11 is 0.